The third-order valence-corrected chi connectivity index (χ3v) is 3.38. The highest BCUT2D eigenvalue weighted by Gasteiger charge is 2.02. The van der Waals surface area contributed by atoms with E-state index in [1.54, 1.807) is 0 Å². The van der Waals surface area contributed by atoms with E-state index in [1.807, 2.05) is 54.7 Å². The summed E-state index contributed by atoms with van der Waals surface area (Å²) < 4.78 is 7.79. The number of hydrogen-bond donors (Lipinski definition) is 1. The lowest BCUT2D eigenvalue weighted by Crippen LogP contribution is -2.07. The molecule has 0 bridgehead atoms. The van der Waals surface area contributed by atoms with Crippen molar-refractivity contribution in [2.75, 3.05) is 12.3 Å². The first-order valence-corrected chi connectivity index (χ1v) is 6.73. The summed E-state index contributed by atoms with van der Waals surface area (Å²) in [6.45, 7) is 1.28. The zero-order chi connectivity index (χ0) is 14.7. The van der Waals surface area contributed by atoms with Gasteiger partial charge in [-0.25, -0.2) is 0 Å². The highest BCUT2D eigenvalue weighted by atomic mass is 16.5. The van der Waals surface area contributed by atoms with Crippen molar-refractivity contribution in [3.05, 3.63) is 60.3 Å². The summed E-state index contributed by atoms with van der Waals surface area (Å²) in [6.07, 6.45) is 2.01. The number of nitrogens with two attached hydrogens (primary N) is 1. The molecule has 0 aliphatic heterocycles. The molecule has 0 amide bonds. The number of fused-ring (bicyclic) bond motifs is 1. The Morgan fingerprint density at radius 1 is 1.10 bits per heavy atom. The van der Waals surface area contributed by atoms with E-state index in [-0.39, 0.29) is 0 Å². The molecule has 1 heterocycles. The zero-order valence-corrected chi connectivity index (χ0v) is 11.5. The van der Waals surface area contributed by atoms with Crippen LogP contribution in [0.5, 0.6) is 5.75 Å². The zero-order valence-electron chi connectivity index (χ0n) is 11.5. The molecule has 0 aliphatic rings. The van der Waals surface area contributed by atoms with Gasteiger partial charge in [0.25, 0.3) is 0 Å². The van der Waals surface area contributed by atoms with E-state index in [0.29, 0.717) is 12.2 Å². The Kier molecular flexibility index (Phi) is 3.48. The van der Waals surface area contributed by atoms with E-state index >= 15 is 0 Å². The van der Waals surface area contributed by atoms with Gasteiger partial charge in [0.15, 0.2) is 0 Å². The number of rotatable bonds is 4. The van der Waals surface area contributed by atoms with Crippen LogP contribution in [0.15, 0.2) is 54.7 Å². The van der Waals surface area contributed by atoms with Crippen LogP contribution in [0.4, 0.5) is 5.69 Å². The Morgan fingerprint density at radius 2 is 1.90 bits per heavy atom. The lowest BCUT2D eigenvalue weighted by molar-refractivity contribution is 0.300. The molecular formula is C17H15N3O. The second-order valence-corrected chi connectivity index (χ2v) is 4.81. The van der Waals surface area contributed by atoms with Crippen LogP contribution in [-0.2, 0) is 6.54 Å². The highest BCUT2D eigenvalue weighted by molar-refractivity contribution is 5.81. The average Bonchev–Trinajstić information content (AvgIpc) is 2.91. The summed E-state index contributed by atoms with van der Waals surface area (Å²) in [5.41, 5.74) is 8.08. The minimum Gasteiger partial charge on any atom is -0.492 e. The van der Waals surface area contributed by atoms with Crippen molar-refractivity contribution in [1.29, 1.82) is 5.26 Å². The average molecular weight is 277 g/mol. The third-order valence-electron chi connectivity index (χ3n) is 3.38. The van der Waals surface area contributed by atoms with E-state index in [4.69, 9.17) is 15.7 Å². The molecule has 104 valence electrons. The minimum atomic E-state index is 0.560. The normalized spacial score (nSPS) is 10.4. The maximum Gasteiger partial charge on any atom is 0.119 e. The van der Waals surface area contributed by atoms with Crippen molar-refractivity contribution < 1.29 is 4.74 Å². The molecule has 0 aliphatic carbocycles. The monoisotopic (exact) mass is 277 g/mol. The van der Waals surface area contributed by atoms with Crippen LogP contribution in [0.25, 0.3) is 10.9 Å². The Bertz CT molecular complexity index is 797. The Morgan fingerprint density at radius 3 is 2.67 bits per heavy atom. The summed E-state index contributed by atoms with van der Waals surface area (Å²) in [5.74, 6) is 0.804. The fourth-order valence-electron chi connectivity index (χ4n) is 2.27. The quantitative estimate of drug-likeness (QED) is 0.745. The lowest BCUT2D eigenvalue weighted by atomic mass is 10.2. The Balaban J connectivity index is 1.70. The lowest BCUT2D eigenvalue weighted by Gasteiger charge is -2.08. The van der Waals surface area contributed by atoms with Crippen LogP contribution in [0.1, 0.15) is 5.56 Å². The predicted octanol–water partition coefficient (Wildman–Crippen LogP) is 3.17. The number of aromatic nitrogens is 1. The van der Waals surface area contributed by atoms with Gasteiger partial charge >= 0.3 is 0 Å². The smallest absolute Gasteiger partial charge is 0.119 e. The minimum absolute atomic E-state index is 0.560. The molecular weight excluding hydrogens is 262 g/mol. The summed E-state index contributed by atoms with van der Waals surface area (Å²) >= 11 is 0. The molecule has 0 saturated carbocycles. The maximum atomic E-state index is 8.98. The third kappa shape index (κ3) is 2.82. The summed E-state index contributed by atoms with van der Waals surface area (Å²) in [5, 5.41) is 10.1. The number of nitriles is 1. The van der Waals surface area contributed by atoms with Crippen molar-refractivity contribution >= 4 is 16.6 Å². The van der Waals surface area contributed by atoms with Gasteiger partial charge in [-0.2, -0.15) is 5.26 Å². The van der Waals surface area contributed by atoms with Crippen LogP contribution in [0.3, 0.4) is 0 Å². The standard InChI is InChI=1S/C17H15N3O/c18-12-13-1-2-14-7-8-20(17(14)11-13)9-10-21-16-5-3-15(19)4-6-16/h1-8,11H,9-10,19H2. The van der Waals surface area contributed by atoms with Crippen LogP contribution in [0, 0.1) is 11.3 Å². The molecule has 2 N–H and O–H groups in total. The van der Waals surface area contributed by atoms with E-state index in [1.165, 1.54) is 0 Å². The van der Waals surface area contributed by atoms with Gasteiger partial charge in [-0.05, 0) is 47.9 Å². The van der Waals surface area contributed by atoms with Gasteiger partial charge < -0.3 is 15.0 Å². The van der Waals surface area contributed by atoms with E-state index in [2.05, 4.69) is 10.6 Å². The van der Waals surface area contributed by atoms with Crippen LogP contribution in [-0.4, -0.2) is 11.2 Å². The molecule has 0 saturated heterocycles. The van der Waals surface area contributed by atoms with E-state index in [9.17, 15) is 0 Å². The van der Waals surface area contributed by atoms with Crippen molar-refractivity contribution in [3.63, 3.8) is 0 Å². The molecule has 3 rings (SSSR count). The van der Waals surface area contributed by atoms with Crippen molar-refractivity contribution in [1.82, 2.24) is 4.57 Å². The molecule has 0 atom stereocenters. The van der Waals surface area contributed by atoms with Gasteiger partial charge in [-0.1, -0.05) is 6.07 Å². The summed E-state index contributed by atoms with van der Waals surface area (Å²) in [4.78, 5) is 0. The number of ether oxygens (including phenoxy) is 1. The number of nitrogen functional groups attached to an aromatic ring is 1. The topological polar surface area (TPSA) is 64.0 Å². The molecule has 0 unspecified atom stereocenters. The van der Waals surface area contributed by atoms with Crippen molar-refractivity contribution in [2.24, 2.45) is 0 Å². The van der Waals surface area contributed by atoms with E-state index in [0.717, 1.165) is 28.9 Å². The SMILES string of the molecule is N#Cc1ccc2ccn(CCOc3ccc(N)cc3)c2c1. The predicted molar refractivity (Wildman–Crippen MR) is 83.0 cm³/mol. The van der Waals surface area contributed by atoms with Gasteiger partial charge in [0.1, 0.15) is 12.4 Å². The molecule has 4 nitrogen and oxygen atoms in total. The molecule has 21 heavy (non-hydrogen) atoms. The largest absolute Gasteiger partial charge is 0.492 e. The molecule has 2 aromatic carbocycles. The van der Waals surface area contributed by atoms with Crippen molar-refractivity contribution in [2.45, 2.75) is 6.54 Å². The van der Waals surface area contributed by atoms with Crippen molar-refractivity contribution in [3.8, 4) is 11.8 Å². The summed E-state index contributed by atoms with van der Waals surface area (Å²) in [7, 11) is 0. The second kappa shape index (κ2) is 5.59. The van der Waals surface area contributed by atoms with Gasteiger partial charge in [0.05, 0.1) is 18.2 Å². The second-order valence-electron chi connectivity index (χ2n) is 4.81. The fraction of sp³-hybridized carbons (Fsp3) is 0.118. The molecule has 3 aromatic rings. The first-order chi connectivity index (χ1) is 10.3. The number of benzene rings is 2. The molecule has 1 aromatic heterocycles. The maximum absolute atomic E-state index is 8.98. The van der Waals surface area contributed by atoms with Gasteiger partial charge in [0, 0.05) is 17.4 Å². The molecule has 0 radical (unpaired) electrons. The molecule has 0 fully saturated rings. The Hall–Kier alpha value is -2.93. The van der Waals surface area contributed by atoms with E-state index < -0.39 is 0 Å². The number of nitrogens with zero attached hydrogens (tertiary/aromatic N) is 2. The highest BCUT2D eigenvalue weighted by Crippen LogP contribution is 2.18. The molecule has 4 heteroatoms. The molecule has 0 spiro atoms. The fourth-order valence-corrected chi connectivity index (χ4v) is 2.27. The van der Waals surface area contributed by atoms with Gasteiger partial charge in [0.2, 0.25) is 0 Å². The van der Waals surface area contributed by atoms with Crippen LogP contribution in [0.2, 0.25) is 0 Å². The van der Waals surface area contributed by atoms with Crippen LogP contribution >= 0.6 is 0 Å². The van der Waals surface area contributed by atoms with Gasteiger partial charge in [-0.3, -0.25) is 0 Å². The Labute approximate surface area is 123 Å². The first-order valence-electron chi connectivity index (χ1n) is 6.73. The summed E-state index contributed by atoms with van der Waals surface area (Å²) in [6, 6.07) is 17.3. The van der Waals surface area contributed by atoms with Crippen LogP contribution < -0.4 is 10.5 Å². The first kappa shape index (κ1) is 13.1. The van der Waals surface area contributed by atoms with Gasteiger partial charge in [-0.15, -0.1) is 0 Å². The number of anilines is 1. The number of hydrogen-bond acceptors (Lipinski definition) is 3.